The van der Waals surface area contributed by atoms with Gasteiger partial charge in [0.05, 0.1) is 6.42 Å². The molecule has 1 aromatic carbocycles. The van der Waals surface area contributed by atoms with E-state index in [-0.39, 0.29) is 5.56 Å². The highest BCUT2D eigenvalue weighted by molar-refractivity contribution is 5.95. The van der Waals surface area contributed by atoms with Crippen LogP contribution in [0.3, 0.4) is 0 Å². The number of halogens is 1. The van der Waals surface area contributed by atoms with Crippen molar-refractivity contribution in [3.05, 3.63) is 41.7 Å². The highest BCUT2D eigenvalue weighted by Crippen LogP contribution is 2.07. The van der Waals surface area contributed by atoms with E-state index < -0.39 is 36.1 Å². The minimum Gasteiger partial charge on any atom is -0.481 e. The quantitative estimate of drug-likeness (QED) is 0.672. The number of benzene rings is 1. The lowest BCUT2D eigenvalue weighted by atomic mass is 10.2. The molecule has 1 amide bonds. The maximum absolute atomic E-state index is 13.2. The highest BCUT2D eigenvalue weighted by atomic mass is 19.1. The first kappa shape index (κ1) is 15.4. The first-order chi connectivity index (χ1) is 9.40. The van der Waals surface area contributed by atoms with Gasteiger partial charge in [-0.15, -0.1) is 0 Å². The lowest BCUT2D eigenvalue weighted by Gasteiger charge is -2.10. The molecule has 0 fully saturated rings. The predicted octanol–water partition coefficient (Wildman–Crippen LogP) is 0.883. The Hall–Kier alpha value is -2.70. The molecule has 0 saturated heterocycles. The van der Waals surface area contributed by atoms with Gasteiger partial charge in [-0.2, -0.15) is 0 Å². The zero-order chi connectivity index (χ0) is 15.1. The molecule has 0 heterocycles. The molecule has 1 atom stereocenters. The van der Waals surface area contributed by atoms with Gasteiger partial charge in [-0.1, -0.05) is 18.2 Å². The topological polar surface area (TPSA) is 104 Å². The lowest BCUT2D eigenvalue weighted by Crippen LogP contribution is -2.41. The van der Waals surface area contributed by atoms with Crippen molar-refractivity contribution in [2.45, 2.75) is 12.5 Å². The van der Waals surface area contributed by atoms with Gasteiger partial charge in [-0.25, -0.2) is 9.18 Å². The summed E-state index contributed by atoms with van der Waals surface area (Å²) in [5.74, 6) is -4.16. The fourth-order valence-corrected chi connectivity index (χ4v) is 1.37. The smallest absolute Gasteiger partial charge is 0.326 e. The van der Waals surface area contributed by atoms with E-state index in [1.165, 1.54) is 24.3 Å². The van der Waals surface area contributed by atoms with E-state index in [2.05, 4.69) is 0 Å². The Morgan fingerprint density at radius 2 is 1.90 bits per heavy atom. The molecule has 0 aliphatic heterocycles. The minimum absolute atomic E-state index is 0.160. The Labute approximate surface area is 113 Å². The van der Waals surface area contributed by atoms with E-state index in [9.17, 15) is 18.8 Å². The molecule has 0 aromatic heterocycles. The van der Waals surface area contributed by atoms with Gasteiger partial charge in [-0.05, 0) is 12.1 Å². The molecule has 0 saturated carbocycles. The van der Waals surface area contributed by atoms with Crippen molar-refractivity contribution in [1.29, 1.82) is 0 Å². The molecule has 106 valence electrons. The maximum Gasteiger partial charge on any atom is 0.326 e. The van der Waals surface area contributed by atoms with Crippen LogP contribution < -0.4 is 5.32 Å². The van der Waals surface area contributed by atoms with Crippen molar-refractivity contribution < 1.29 is 29.0 Å². The number of carbonyl (C=O) groups is 3. The molecule has 0 spiro atoms. The summed E-state index contributed by atoms with van der Waals surface area (Å²) < 4.78 is 13.2. The predicted molar refractivity (Wildman–Crippen MR) is 67.3 cm³/mol. The molecule has 7 heteroatoms. The number of hydrogen-bond acceptors (Lipinski definition) is 3. The number of carboxylic acids is 2. The zero-order valence-electron chi connectivity index (χ0n) is 10.2. The van der Waals surface area contributed by atoms with Crippen molar-refractivity contribution in [3.63, 3.8) is 0 Å². The van der Waals surface area contributed by atoms with E-state index >= 15 is 0 Å². The number of rotatable bonds is 6. The fourth-order valence-electron chi connectivity index (χ4n) is 1.37. The second-order valence-electron chi connectivity index (χ2n) is 3.85. The zero-order valence-corrected chi connectivity index (χ0v) is 10.2. The molecule has 0 bridgehead atoms. The summed E-state index contributed by atoms with van der Waals surface area (Å²) in [6, 6.07) is 4.17. The Balaban J connectivity index is 2.69. The molecule has 1 aromatic rings. The second kappa shape index (κ2) is 7.03. The number of carboxylic acid groups (broad SMARTS) is 2. The SMILES string of the molecule is O=C(O)C[C@@H](NC(=O)/C=C/c1ccccc1F)C(=O)O. The maximum atomic E-state index is 13.2. The van der Waals surface area contributed by atoms with Crippen molar-refractivity contribution in [3.8, 4) is 0 Å². The third-order valence-corrected chi connectivity index (χ3v) is 2.31. The van der Waals surface area contributed by atoms with E-state index in [0.717, 1.165) is 6.08 Å². The van der Waals surface area contributed by atoms with Gasteiger partial charge < -0.3 is 15.5 Å². The van der Waals surface area contributed by atoms with Gasteiger partial charge in [0.15, 0.2) is 0 Å². The number of nitrogens with one attached hydrogen (secondary N) is 1. The fraction of sp³-hybridized carbons (Fsp3) is 0.154. The molecule has 0 radical (unpaired) electrons. The highest BCUT2D eigenvalue weighted by Gasteiger charge is 2.21. The van der Waals surface area contributed by atoms with Crippen molar-refractivity contribution >= 4 is 23.9 Å². The molecule has 1 rings (SSSR count). The van der Waals surface area contributed by atoms with Crippen LogP contribution in [0.2, 0.25) is 0 Å². The summed E-state index contributed by atoms with van der Waals surface area (Å²) in [7, 11) is 0. The first-order valence-corrected chi connectivity index (χ1v) is 5.58. The third kappa shape index (κ3) is 4.89. The minimum atomic E-state index is -1.54. The van der Waals surface area contributed by atoms with Crippen molar-refractivity contribution in [2.75, 3.05) is 0 Å². The largest absolute Gasteiger partial charge is 0.481 e. The molecular formula is C13H12FNO5. The number of hydrogen-bond donors (Lipinski definition) is 3. The molecule has 0 unspecified atom stereocenters. The number of amides is 1. The van der Waals surface area contributed by atoms with Crippen LogP contribution in [0.1, 0.15) is 12.0 Å². The van der Waals surface area contributed by atoms with Crippen molar-refractivity contribution in [2.24, 2.45) is 0 Å². The summed E-state index contributed by atoms with van der Waals surface area (Å²) in [6.45, 7) is 0. The molecule has 20 heavy (non-hydrogen) atoms. The van der Waals surface area contributed by atoms with E-state index in [0.29, 0.717) is 0 Å². The van der Waals surface area contributed by atoms with Crippen LogP contribution in [0.5, 0.6) is 0 Å². The first-order valence-electron chi connectivity index (χ1n) is 5.58. The Kier molecular flexibility index (Phi) is 5.40. The van der Waals surface area contributed by atoms with Crippen molar-refractivity contribution in [1.82, 2.24) is 5.32 Å². The summed E-state index contributed by atoms with van der Waals surface area (Å²) in [5.41, 5.74) is 0.160. The Bertz CT molecular complexity index is 555. The van der Waals surface area contributed by atoms with Crippen LogP contribution in [0.15, 0.2) is 30.3 Å². The van der Waals surface area contributed by atoms with Crippen LogP contribution >= 0.6 is 0 Å². The van der Waals surface area contributed by atoms with Gasteiger partial charge in [0, 0.05) is 11.6 Å². The lowest BCUT2D eigenvalue weighted by molar-refractivity contribution is -0.146. The Morgan fingerprint density at radius 1 is 1.25 bits per heavy atom. The summed E-state index contributed by atoms with van der Waals surface area (Å²) in [5, 5.41) is 19.3. The summed E-state index contributed by atoms with van der Waals surface area (Å²) in [4.78, 5) is 32.6. The summed E-state index contributed by atoms with van der Waals surface area (Å²) >= 11 is 0. The average molecular weight is 281 g/mol. The normalized spacial score (nSPS) is 12.1. The van der Waals surface area contributed by atoms with Crippen LogP contribution in [0.4, 0.5) is 4.39 Å². The molecule has 0 aliphatic carbocycles. The summed E-state index contributed by atoms with van der Waals surface area (Å²) in [6.07, 6.45) is 1.37. The van der Waals surface area contributed by atoms with Gasteiger partial charge in [0.1, 0.15) is 11.9 Å². The van der Waals surface area contributed by atoms with Crippen LogP contribution in [0.25, 0.3) is 6.08 Å². The Morgan fingerprint density at radius 3 is 2.45 bits per heavy atom. The number of aliphatic carboxylic acids is 2. The van der Waals surface area contributed by atoms with E-state index in [4.69, 9.17) is 10.2 Å². The third-order valence-electron chi connectivity index (χ3n) is 2.31. The van der Waals surface area contributed by atoms with Gasteiger partial charge in [0.2, 0.25) is 5.91 Å². The van der Waals surface area contributed by atoms with Gasteiger partial charge >= 0.3 is 11.9 Å². The molecule has 6 nitrogen and oxygen atoms in total. The monoisotopic (exact) mass is 281 g/mol. The molecule has 3 N–H and O–H groups in total. The van der Waals surface area contributed by atoms with E-state index in [1.54, 1.807) is 6.07 Å². The molecule has 0 aliphatic rings. The van der Waals surface area contributed by atoms with Crippen LogP contribution in [-0.4, -0.2) is 34.1 Å². The van der Waals surface area contributed by atoms with Crippen LogP contribution in [0, 0.1) is 5.82 Å². The number of carbonyl (C=O) groups excluding carboxylic acids is 1. The van der Waals surface area contributed by atoms with Crippen LogP contribution in [-0.2, 0) is 14.4 Å². The standard InChI is InChI=1S/C13H12FNO5/c14-9-4-2-1-3-8(9)5-6-11(16)15-10(13(19)20)7-12(17)18/h1-6,10H,7H2,(H,15,16)(H,17,18)(H,19,20)/b6-5+/t10-/m1/s1. The van der Waals surface area contributed by atoms with Gasteiger partial charge in [-0.3, -0.25) is 9.59 Å². The average Bonchev–Trinajstić information content (AvgIpc) is 2.36. The van der Waals surface area contributed by atoms with Gasteiger partial charge in [0.25, 0.3) is 0 Å². The molecular weight excluding hydrogens is 269 g/mol. The second-order valence-corrected chi connectivity index (χ2v) is 3.85. The van der Waals surface area contributed by atoms with E-state index in [1.807, 2.05) is 5.32 Å².